The molecule has 1 aromatic heterocycles. The number of hydrogen-bond acceptors (Lipinski definition) is 5. The third-order valence-corrected chi connectivity index (χ3v) is 5.55. The fourth-order valence-corrected chi connectivity index (χ4v) is 4.14. The highest BCUT2D eigenvalue weighted by Crippen LogP contribution is 2.38. The quantitative estimate of drug-likeness (QED) is 0.808. The third kappa shape index (κ3) is 3.95. The van der Waals surface area contributed by atoms with Gasteiger partial charge in [0.25, 0.3) is 0 Å². The van der Waals surface area contributed by atoms with Crippen LogP contribution in [0.3, 0.4) is 0 Å². The highest BCUT2D eigenvalue weighted by atomic mass is 16.5. The summed E-state index contributed by atoms with van der Waals surface area (Å²) in [6, 6.07) is 6.66. The fraction of sp³-hybridized carbons (Fsp3) is 0.619. The van der Waals surface area contributed by atoms with Crippen LogP contribution in [0.2, 0.25) is 0 Å². The Morgan fingerprint density at radius 2 is 2.04 bits per heavy atom. The summed E-state index contributed by atoms with van der Waals surface area (Å²) in [5.74, 6) is 0. The largest absolute Gasteiger partial charge is 0.377 e. The average molecular weight is 370 g/mol. The molecule has 2 aromatic rings. The summed E-state index contributed by atoms with van der Waals surface area (Å²) >= 11 is 0. The number of anilines is 2. The van der Waals surface area contributed by atoms with Crippen LogP contribution >= 0.6 is 0 Å². The summed E-state index contributed by atoms with van der Waals surface area (Å²) in [7, 11) is 4.17. The molecular weight excluding hydrogens is 338 g/mol. The van der Waals surface area contributed by atoms with Gasteiger partial charge in [-0.05, 0) is 42.9 Å². The van der Waals surface area contributed by atoms with Crippen molar-refractivity contribution in [2.24, 2.45) is 5.41 Å². The maximum absolute atomic E-state index is 5.83. The van der Waals surface area contributed by atoms with E-state index < -0.39 is 0 Å². The average Bonchev–Trinajstić information content (AvgIpc) is 3.08. The maximum Gasteiger partial charge on any atom is 0.115 e. The first kappa shape index (κ1) is 18.3. The van der Waals surface area contributed by atoms with Crippen molar-refractivity contribution < 1.29 is 4.74 Å². The highest BCUT2D eigenvalue weighted by molar-refractivity contribution is 5.79. The molecule has 4 rings (SSSR count). The Hall–Kier alpha value is -2.08. The monoisotopic (exact) mass is 369 g/mol. The van der Waals surface area contributed by atoms with E-state index in [-0.39, 0.29) is 6.10 Å². The van der Waals surface area contributed by atoms with Crippen LogP contribution in [0.1, 0.15) is 33.1 Å². The first-order valence-electron chi connectivity index (χ1n) is 10.00. The van der Waals surface area contributed by atoms with E-state index in [2.05, 4.69) is 66.3 Å². The van der Waals surface area contributed by atoms with Gasteiger partial charge in [0, 0.05) is 50.7 Å². The molecule has 0 N–H and O–H groups in total. The summed E-state index contributed by atoms with van der Waals surface area (Å²) in [6.45, 7) is 8.50. The molecule has 0 amide bonds. The van der Waals surface area contributed by atoms with E-state index in [1.54, 1.807) is 0 Å². The van der Waals surface area contributed by atoms with Gasteiger partial charge in [-0.1, -0.05) is 19.1 Å². The lowest BCUT2D eigenvalue weighted by atomic mass is 9.84. The number of aromatic nitrogens is 3. The van der Waals surface area contributed by atoms with Crippen molar-refractivity contribution in [1.82, 2.24) is 15.0 Å². The molecule has 146 valence electrons. The van der Waals surface area contributed by atoms with E-state index in [1.165, 1.54) is 24.2 Å². The molecule has 0 saturated carbocycles. The lowest BCUT2D eigenvalue weighted by molar-refractivity contribution is 0.00370. The third-order valence-electron chi connectivity index (χ3n) is 5.55. The topological polar surface area (TPSA) is 46.4 Å². The van der Waals surface area contributed by atoms with Crippen LogP contribution in [-0.4, -0.2) is 54.9 Å². The van der Waals surface area contributed by atoms with Crippen LogP contribution in [0.25, 0.3) is 11.3 Å². The number of rotatable bonds is 5. The first-order chi connectivity index (χ1) is 12.9. The molecule has 2 fully saturated rings. The molecule has 0 radical (unpaired) electrons. The molecule has 2 aliphatic rings. The van der Waals surface area contributed by atoms with Crippen molar-refractivity contribution in [3.05, 3.63) is 24.4 Å². The zero-order valence-corrected chi connectivity index (χ0v) is 17.0. The molecule has 1 aromatic carbocycles. The molecule has 2 aliphatic heterocycles. The van der Waals surface area contributed by atoms with E-state index in [0.29, 0.717) is 5.41 Å². The second kappa shape index (κ2) is 7.15. The van der Waals surface area contributed by atoms with Gasteiger partial charge in [0.05, 0.1) is 18.8 Å². The van der Waals surface area contributed by atoms with Crippen LogP contribution in [0.15, 0.2) is 24.4 Å². The van der Waals surface area contributed by atoms with Gasteiger partial charge in [0.2, 0.25) is 0 Å². The Balaban J connectivity index is 1.54. The molecule has 3 heterocycles. The van der Waals surface area contributed by atoms with E-state index in [0.717, 1.165) is 43.9 Å². The van der Waals surface area contributed by atoms with Crippen molar-refractivity contribution in [2.45, 2.75) is 45.8 Å². The number of ether oxygens (including phenoxy) is 1. The molecule has 6 nitrogen and oxygen atoms in total. The van der Waals surface area contributed by atoms with E-state index in [9.17, 15) is 0 Å². The minimum Gasteiger partial charge on any atom is -0.377 e. The summed E-state index contributed by atoms with van der Waals surface area (Å²) in [5, 5.41) is 8.79. The van der Waals surface area contributed by atoms with E-state index in [1.807, 2.05) is 10.9 Å². The summed E-state index contributed by atoms with van der Waals surface area (Å²) in [4.78, 5) is 4.60. The van der Waals surface area contributed by atoms with Gasteiger partial charge in [-0.25, -0.2) is 4.68 Å². The molecule has 0 aliphatic carbocycles. The van der Waals surface area contributed by atoms with E-state index in [4.69, 9.17) is 4.74 Å². The van der Waals surface area contributed by atoms with E-state index >= 15 is 0 Å². The Morgan fingerprint density at radius 3 is 2.70 bits per heavy atom. The zero-order valence-electron chi connectivity index (χ0n) is 17.0. The molecule has 27 heavy (non-hydrogen) atoms. The van der Waals surface area contributed by atoms with Crippen molar-refractivity contribution in [3.63, 3.8) is 0 Å². The minimum atomic E-state index is 0.263. The highest BCUT2D eigenvalue weighted by Gasteiger charge is 2.34. The Morgan fingerprint density at radius 1 is 1.22 bits per heavy atom. The molecule has 0 unspecified atom stereocenters. The second-order valence-corrected chi connectivity index (χ2v) is 8.93. The number of nitrogens with zero attached hydrogens (tertiary/aromatic N) is 5. The Kier molecular flexibility index (Phi) is 4.84. The summed E-state index contributed by atoms with van der Waals surface area (Å²) in [5.41, 5.74) is 4.92. The van der Waals surface area contributed by atoms with Gasteiger partial charge in [-0.15, -0.1) is 5.10 Å². The molecule has 0 bridgehead atoms. The molecule has 6 heteroatoms. The van der Waals surface area contributed by atoms with Gasteiger partial charge in [-0.2, -0.15) is 0 Å². The smallest absolute Gasteiger partial charge is 0.115 e. The molecular formula is C21H31N5O. The lowest BCUT2D eigenvalue weighted by Crippen LogP contribution is -2.53. The summed E-state index contributed by atoms with van der Waals surface area (Å²) in [6.07, 6.45) is 5.84. The number of hydrogen-bond donors (Lipinski definition) is 0. The van der Waals surface area contributed by atoms with Crippen molar-refractivity contribution in [2.75, 3.05) is 43.6 Å². The number of benzene rings is 1. The van der Waals surface area contributed by atoms with Gasteiger partial charge < -0.3 is 14.5 Å². The van der Waals surface area contributed by atoms with Crippen LogP contribution in [-0.2, 0) is 11.3 Å². The van der Waals surface area contributed by atoms with Crippen LogP contribution in [0.4, 0.5) is 11.4 Å². The van der Waals surface area contributed by atoms with Gasteiger partial charge >= 0.3 is 0 Å². The van der Waals surface area contributed by atoms with Crippen molar-refractivity contribution in [3.8, 4) is 11.3 Å². The van der Waals surface area contributed by atoms with Gasteiger partial charge in [0.15, 0.2) is 0 Å². The SMILES string of the molecule is CN(C)c1cc(N2CC(C)(C)C2)ccc1-c1cn(C[C@H]2CCCCO2)nn1. The molecule has 1 atom stereocenters. The fourth-order valence-electron chi connectivity index (χ4n) is 4.14. The normalized spacial score (nSPS) is 21.8. The van der Waals surface area contributed by atoms with Crippen LogP contribution in [0, 0.1) is 5.41 Å². The molecule has 0 spiro atoms. The van der Waals surface area contributed by atoms with Gasteiger partial charge in [-0.3, -0.25) is 0 Å². The summed E-state index contributed by atoms with van der Waals surface area (Å²) < 4.78 is 7.76. The van der Waals surface area contributed by atoms with Crippen molar-refractivity contribution >= 4 is 11.4 Å². The Bertz CT molecular complexity index is 784. The van der Waals surface area contributed by atoms with Crippen LogP contribution < -0.4 is 9.80 Å². The predicted molar refractivity (Wildman–Crippen MR) is 109 cm³/mol. The predicted octanol–water partition coefficient (Wildman–Crippen LogP) is 3.43. The first-order valence-corrected chi connectivity index (χ1v) is 10.00. The van der Waals surface area contributed by atoms with Gasteiger partial charge in [0.1, 0.15) is 5.69 Å². The lowest BCUT2D eigenvalue weighted by Gasteiger charge is -2.47. The zero-order chi connectivity index (χ0) is 19.0. The standard InChI is InChI=1S/C21H31N5O/c1-21(2)14-25(15-21)16-8-9-18(20(11-16)24(3)4)19-13-26(23-22-19)12-17-7-5-6-10-27-17/h8-9,11,13,17H,5-7,10,12,14-15H2,1-4H3/t17-/m1/s1. The minimum absolute atomic E-state index is 0.263. The maximum atomic E-state index is 5.83. The second-order valence-electron chi connectivity index (χ2n) is 8.93. The molecule has 2 saturated heterocycles. The Labute approximate surface area is 162 Å². The van der Waals surface area contributed by atoms with Crippen LogP contribution in [0.5, 0.6) is 0 Å². The van der Waals surface area contributed by atoms with Crippen molar-refractivity contribution in [1.29, 1.82) is 0 Å².